The van der Waals surface area contributed by atoms with Crippen molar-refractivity contribution in [1.82, 2.24) is 0 Å². The van der Waals surface area contributed by atoms with Gasteiger partial charge in [0.25, 0.3) is 0 Å². The van der Waals surface area contributed by atoms with E-state index in [1.54, 1.807) is 0 Å². The average molecular weight is 477 g/mol. The van der Waals surface area contributed by atoms with Crippen LogP contribution >= 0.6 is 0 Å². The molecule has 2 aliphatic rings. The number of carbonyl (C=O) groups is 1. The monoisotopic (exact) mass is 476 g/mol. The molecule has 0 fully saturated rings. The molecule has 1 aliphatic heterocycles. The number of ether oxygens (including phenoxy) is 1. The van der Waals surface area contributed by atoms with Crippen LogP contribution in [-0.4, -0.2) is 19.2 Å². The molecule has 0 saturated carbocycles. The van der Waals surface area contributed by atoms with Crippen molar-refractivity contribution in [3.05, 3.63) is 58.7 Å². The summed E-state index contributed by atoms with van der Waals surface area (Å²) in [5.74, 6) is 0.499. The van der Waals surface area contributed by atoms with E-state index >= 15 is 0 Å². The highest BCUT2D eigenvalue weighted by Gasteiger charge is 2.27. The zero-order valence-corrected chi connectivity index (χ0v) is 22.1. The highest BCUT2D eigenvalue weighted by molar-refractivity contribution is 5.87. The van der Waals surface area contributed by atoms with Gasteiger partial charge in [0.15, 0.2) is 0 Å². The molecule has 1 aliphatic carbocycles. The van der Waals surface area contributed by atoms with Gasteiger partial charge in [-0.15, -0.1) is 0 Å². The van der Waals surface area contributed by atoms with Gasteiger partial charge in [-0.1, -0.05) is 83.1 Å². The fourth-order valence-corrected chi connectivity index (χ4v) is 5.72. The summed E-state index contributed by atoms with van der Waals surface area (Å²) in [6.07, 6.45) is 13.3. The highest BCUT2D eigenvalue weighted by Crippen LogP contribution is 2.39. The van der Waals surface area contributed by atoms with Gasteiger partial charge in [-0.2, -0.15) is 0 Å². The van der Waals surface area contributed by atoms with E-state index in [9.17, 15) is 4.79 Å². The summed E-state index contributed by atoms with van der Waals surface area (Å²) >= 11 is 0. The molecule has 0 aromatic heterocycles. The summed E-state index contributed by atoms with van der Waals surface area (Å²) in [5.41, 5.74) is 7.12. The summed E-state index contributed by atoms with van der Waals surface area (Å²) < 4.78 is 5.84. The third kappa shape index (κ3) is 6.59. The van der Waals surface area contributed by atoms with Crippen molar-refractivity contribution >= 4 is 17.5 Å². The summed E-state index contributed by atoms with van der Waals surface area (Å²) in [7, 11) is 0. The Labute approximate surface area is 212 Å². The number of anilines is 2. The molecular formula is C31H44N2O2. The van der Waals surface area contributed by atoms with Crippen LogP contribution in [0.25, 0.3) is 0 Å². The van der Waals surface area contributed by atoms with Crippen LogP contribution in [0.3, 0.4) is 0 Å². The number of nitrogens with zero attached hydrogens (tertiary/aromatic N) is 1. The van der Waals surface area contributed by atoms with Gasteiger partial charge in [-0.25, -0.2) is 4.79 Å². The van der Waals surface area contributed by atoms with Crippen LogP contribution in [0.5, 0.6) is 0 Å². The smallest absolute Gasteiger partial charge is 0.412 e. The number of hydrogen-bond acceptors (Lipinski definition) is 3. The van der Waals surface area contributed by atoms with E-state index in [1.807, 2.05) is 6.07 Å². The Morgan fingerprint density at radius 2 is 1.74 bits per heavy atom. The molecule has 0 saturated heterocycles. The maximum Gasteiger partial charge on any atom is 0.412 e. The number of aryl methyl sites for hydroxylation is 2. The Balaban J connectivity index is 1.33. The van der Waals surface area contributed by atoms with Gasteiger partial charge in [0.05, 0.1) is 0 Å². The van der Waals surface area contributed by atoms with Crippen molar-refractivity contribution in [3.63, 3.8) is 0 Å². The van der Waals surface area contributed by atoms with E-state index in [4.69, 9.17) is 4.74 Å². The fourth-order valence-electron chi connectivity index (χ4n) is 5.72. The second kappa shape index (κ2) is 12.5. The van der Waals surface area contributed by atoms with Gasteiger partial charge in [-0.05, 0) is 72.9 Å². The summed E-state index contributed by atoms with van der Waals surface area (Å²) in [6.45, 7) is 8.93. The van der Waals surface area contributed by atoms with Crippen LogP contribution in [0, 0.1) is 6.92 Å². The molecule has 0 bridgehead atoms. The third-order valence-electron chi connectivity index (χ3n) is 7.92. The Bertz CT molecular complexity index is 986. The molecule has 2 unspecified atom stereocenters. The van der Waals surface area contributed by atoms with Crippen molar-refractivity contribution in [1.29, 1.82) is 0 Å². The number of unbranched alkanes of at least 4 members (excludes halogenated alkanes) is 7. The minimum atomic E-state index is -0.353. The number of hydrogen-bond donors (Lipinski definition) is 1. The first-order valence-electron chi connectivity index (χ1n) is 14.0. The first-order chi connectivity index (χ1) is 17.1. The Hall–Kier alpha value is -2.49. The number of rotatable bonds is 11. The van der Waals surface area contributed by atoms with Crippen LogP contribution in [0.1, 0.15) is 112 Å². The molecule has 1 heterocycles. The lowest BCUT2D eigenvalue weighted by molar-refractivity contribution is 0.112. The van der Waals surface area contributed by atoms with Crippen molar-refractivity contribution in [3.8, 4) is 0 Å². The van der Waals surface area contributed by atoms with Gasteiger partial charge in [0.2, 0.25) is 0 Å². The molecule has 4 rings (SSSR count). The average Bonchev–Trinajstić information content (AvgIpc) is 3.25. The van der Waals surface area contributed by atoms with Crippen molar-refractivity contribution in [2.75, 3.05) is 23.3 Å². The highest BCUT2D eigenvalue weighted by atomic mass is 16.6. The van der Waals surface area contributed by atoms with E-state index in [0.717, 1.165) is 49.2 Å². The van der Waals surface area contributed by atoms with Gasteiger partial charge >= 0.3 is 6.09 Å². The Morgan fingerprint density at radius 1 is 1.00 bits per heavy atom. The molecule has 2 aromatic rings. The first-order valence-corrected chi connectivity index (χ1v) is 14.0. The largest absolute Gasteiger partial charge is 0.441 e. The van der Waals surface area contributed by atoms with Crippen molar-refractivity contribution in [2.45, 2.75) is 103 Å². The van der Waals surface area contributed by atoms with Crippen molar-refractivity contribution in [2.24, 2.45) is 0 Å². The SMILES string of the molecule is CCCCCCCCCCN1CCC(C)c2cc(NC(=O)OC3CCc4ccccc43)c(C)cc21. The van der Waals surface area contributed by atoms with Crippen LogP contribution in [-0.2, 0) is 11.2 Å². The minimum Gasteiger partial charge on any atom is -0.441 e. The maximum absolute atomic E-state index is 12.8. The molecule has 4 nitrogen and oxygen atoms in total. The van der Waals surface area contributed by atoms with Gasteiger partial charge < -0.3 is 9.64 Å². The van der Waals surface area contributed by atoms with Crippen LogP contribution in [0.2, 0.25) is 0 Å². The number of fused-ring (bicyclic) bond motifs is 2. The van der Waals surface area contributed by atoms with Crippen LogP contribution < -0.4 is 10.2 Å². The summed E-state index contributed by atoms with van der Waals surface area (Å²) in [5, 5.41) is 3.05. The molecule has 4 heteroatoms. The number of amides is 1. The normalized spacial score (nSPS) is 18.8. The van der Waals surface area contributed by atoms with Crippen molar-refractivity contribution < 1.29 is 9.53 Å². The van der Waals surface area contributed by atoms with Gasteiger partial charge in [0, 0.05) is 24.5 Å². The lowest BCUT2D eigenvalue weighted by Gasteiger charge is -2.35. The standard InChI is InChI=1S/C31H44N2O2/c1-4-5-6-7-8-9-10-13-19-33-20-18-23(2)27-22-28(24(3)21-29(27)33)32-31(34)35-30-17-16-25-14-11-12-15-26(25)30/h11-12,14-15,21-23,30H,4-10,13,16-20H2,1-3H3,(H,32,34). The molecule has 0 spiro atoms. The fraction of sp³-hybridized carbons (Fsp3) is 0.581. The molecule has 2 aromatic carbocycles. The lowest BCUT2D eigenvalue weighted by Crippen LogP contribution is -2.32. The zero-order chi connectivity index (χ0) is 24.6. The number of benzene rings is 2. The topological polar surface area (TPSA) is 41.6 Å². The van der Waals surface area contributed by atoms with E-state index < -0.39 is 0 Å². The van der Waals surface area contributed by atoms with Crippen LogP contribution in [0.15, 0.2) is 36.4 Å². The number of nitrogens with one attached hydrogen (secondary N) is 1. The van der Waals surface area contributed by atoms with Gasteiger partial charge in [0.1, 0.15) is 6.10 Å². The molecule has 2 atom stereocenters. The lowest BCUT2D eigenvalue weighted by atomic mass is 9.89. The maximum atomic E-state index is 12.8. The Kier molecular flexibility index (Phi) is 9.12. The molecule has 190 valence electrons. The Morgan fingerprint density at radius 3 is 2.54 bits per heavy atom. The summed E-state index contributed by atoms with van der Waals surface area (Å²) in [4.78, 5) is 15.4. The predicted octanol–water partition coefficient (Wildman–Crippen LogP) is 8.69. The van der Waals surface area contributed by atoms with Crippen LogP contribution in [0.4, 0.5) is 16.2 Å². The van der Waals surface area contributed by atoms with E-state index in [0.29, 0.717) is 5.92 Å². The molecule has 35 heavy (non-hydrogen) atoms. The second-order valence-corrected chi connectivity index (χ2v) is 10.6. The predicted molar refractivity (Wildman–Crippen MR) is 147 cm³/mol. The van der Waals surface area contributed by atoms with E-state index in [1.165, 1.54) is 68.2 Å². The number of carbonyl (C=O) groups excluding carboxylic acids is 1. The second-order valence-electron chi connectivity index (χ2n) is 10.6. The molecule has 0 radical (unpaired) electrons. The molecular weight excluding hydrogens is 432 g/mol. The summed E-state index contributed by atoms with van der Waals surface area (Å²) in [6, 6.07) is 12.7. The van der Waals surface area contributed by atoms with Gasteiger partial charge in [-0.3, -0.25) is 5.32 Å². The zero-order valence-electron chi connectivity index (χ0n) is 22.1. The molecule has 1 N–H and O–H groups in total. The van der Waals surface area contributed by atoms with E-state index in [-0.39, 0.29) is 12.2 Å². The third-order valence-corrected chi connectivity index (χ3v) is 7.92. The minimum absolute atomic E-state index is 0.148. The first kappa shape index (κ1) is 25.6. The quantitative estimate of drug-likeness (QED) is 0.330. The van der Waals surface area contributed by atoms with E-state index in [2.05, 4.69) is 61.3 Å². The molecule has 1 amide bonds.